The third-order valence-corrected chi connectivity index (χ3v) is 15.9. The molecule has 73 heavy (non-hydrogen) atoms. The van der Waals surface area contributed by atoms with Crippen LogP contribution >= 0.6 is 0 Å². The summed E-state index contributed by atoms with van der Waals surface area (Å²) in [5, 5.41) is 13.0. The number of nitrogens with zero attached hydrogens (tertiary/aromatic N) is 4. The van der Waals surface area contributed by atoms with E-state index < -0.39 is 5.41 Å². The van der Waals surface area contributed by atoms with Gasteiger partial charge in [0.1, 0.15) is 17.0 Å². The Kier molecular flexibility index (Phi) is 9.13. The van der Waals surface area contributed by atoms with Crippen molar-refractivity contribution in [2.24, 2.45) is 15.9 Å². The van der Waals surface area contributed by atoms with Crippen LogP contribution in [0.3, 0.4) is 0 Å². The maximum Gasteiger partial charge on any atom is 0.141 e. The van der Waals surface area contributed by atoms with Crippen LogP contribution in [0.1, 0.15) is 49.1 Å². The minimum absolute atomic E-state index is 0.0211. The van der Waals surface area contributed by atoms with E-state index in [2.05, 4.69) is 247 Å². The van der Waals surface area contributed by atoms with Gasteiger partial charge in [0, 0.05) is 67.0 Å². The van der Waals surface area contributed by atoms with Crippen molar-refractivity contribution in [2.75, 3.05) is 0 Å². The number of hydrogen-bond acceptors (Lipinski definition) is 3. The Morgan fingerprint density at radius 2 is 1.12 bits per heavy atom. The highest BCUT2D eigenvalue weighted by atomic mass is 16.3. The minimum atomic E-state index is -0.672. The zero-order valence-corrected chi connectivity index (χ0v) is 40.6. The molecule has 2 aliphatic rings. The Morgan fingerprint density at radius 1 is 0.507 bits per heavy atom. The molecule has 346 valence electrons. The second-order valence-corrected chi connectivity index (χ2v) is 20.3. The minimum Gasteiger partial charge on any atom is -0.456 e. The van der Waals surface area contributed by atoms with E-state index in [4.69, 9.17) is 14.4 Å². The first-order chi connectivity index (χ1) is 35.9. The van der Waals surface area contributed by atoms with Crippen LogP contribution in [0.5, 0.6) is 0 Å². The molecule has 2 atom stereocenters. The maximum atomic E-state index is 6.82. The summed E-state index contributed by atoms with van der Waals surface area (Å²) < 4.78 is 11.8. The average Bonchev–Trinajstić information content (AvgIpc) is 4.08. The third-order valence-electron chi connectivity index (χ3n) is 15.9. The van der Waals surface area contributed by atoms with Crippen molar-refractivity contribution in [1.82, 2.24) is 9.13 Å². The van der Waals surface area contributed by atoms with E-state index in [-0.39, 0.29) is 5.92 Å². The largest absolute Gasteiger partial charge is 0.456 e. The Balaban J connectivity index is 1.06. The lowest BCUT2D eigenvalue weighted by Crippen LogP contribution is -2.37. The van der Waals surface area contributed by atoms with Gasteiger partial charge in [-0.3, -0.25) is 0 Å². The molecule has 0 saturated carbocycles. The number of allylic oxidation sites excluding steroid dienone is 2. The van der Waals surface area contributed by atoms with Crippen molar-refractivity contribution >= 4 is 110 Å². The van der Waals surface area contributed by atoms with Crippen LogP contribution < -0.4 is 0 Å². The second kappa shape index (κ2) is 16.0. The van der Waals surface area contributed by atoms with Gasteiger partial charge in [-0.1, -0.05) is 165 Å². The van der Waals surface area contributed by atoms with Crippen molar-refractivity contribution in [1.29, 1.82) is 0 Å². The number of aromatic nitrogens is 2. The summed E-state index contributed by atoms with van der Waals surface area (Å²) in [6, 6.07) is 75.0. The zero-order valence-electron chi connectivity index (χ0n) is 40.6. The number of hydrogen-bond donors (Lipinski definition) is 0. The molecule has 0 spiro atoms. The molecule has 10 aromatic carbocycles. The van der Waals surface area contributed by atoms with Gasteiger partial charge in [0.25, 0.3) is 0 Å². The fourth-order valence-electron chi connectivity index (χ4n) is 12.2. The molecule has 2 unspecified atom stereocenters. The van der Waals surface area contributed by atoms with E-state index >= 15 is 0 Å². The summed E-state index contributed by atoms with van der Waals surface area (Å²) in [6.45, 7) is 4.72. The highest BCUT2D eigenvalue weighted by molar-refractivity contribution is 6.21. The van der Waals surface area contributed by atoms with Crippen LogP contribution in [0, 0.1) is 5.92 Å². The van der Waals surface area contributed by atoms with Gasteiger partial charge >= 0.3 is 0 Å². The molecule has 0 bridgehead atoms. The fraction of sp³-hybridized carbons (Fsp3) is 0.0882. The lowest BCUT2D eigenvalue weighted by molar-refractivity contribution is 0.602. The summed E-state index contributed by atoms with van der Waals surface area (Å²) >= 11 is 0. The summed E-state index contributed by atoms with van der Waals surface area (Å²) in [4.78, 5) is 12.1. The highest BCUT2D eigenvalue weighted by Crippen LogP contribution is 2.47. The van der Waals surface area contributed by atoms with Gasteiger partial charge in [0.2, 0.25) is 0 Å². The van der Waals surface area contributed by atoms with Crippen molar-refractivity contribution in [3.63, 3.8) is 0 Å². The normalized spacial score (nSPS) is 19.3. The van der Waals surface area contributed by atoms with Crippen LogP contribution in [-0.2, 0) is 5.41 Å². The smallest absolute Gasteiger partial charge is 0.141 e. The Hall–Kier alpha value is -9.06. The van der Waals surface area contributed by atoms with Gasteiger partial charge in [-0.15, -0.1) is 0 Å². The van der Waals surface area contributed by atoms with Crippen LogP contribution in [0.15, 0.2) is 233 Å². The number of fused-ring (bicyclic) bond motifs is 12. The van der Waals surface area contributed by atoms with E-state index in [9.17, 15) is 0 Å². The monoisotopic (exact) mass is 936 g/mol. The van der Waals surface area contributed by atoms with Crippen molar-refractivity contribution in [2.45, 2.75) is 32.1 Å². The van der Waals surface area contributed by atoms with Gasteiger partial charge in [-0.25, -0.2) is 9.98 Å². The summed E-state index contributed by atoms with van der Waals surface area (Å²) in [5.41, 5.74) is 13.1. The SMILES string of the molecule is CC1C/C=C(c2ccc3ccccc3c2)/N=C(C2(C)CC=Cc3c2n(-c2ccccc2)c2ccccc32)\N=C/1c1cc2c(cc1-n1c3cc4ccccc4cc3c3cc4ccccc4cc31)oc1ccccc12. The molecule has 3 aromatic heterocycles. The second-order valence-electron chi connectivity index (χ2n) is 20.3. The molecule has 1 aliphatic heterocycles. The molecule has 5 nitrogen and oxygen atoms in total. The first kappa shape index (κ1) is 41.7. The summed E-state index contributed by atoms with van der Waals surface area (Å²) in [7, 11) is 0. The van der Waals surface area contributed by atoms with Gasteiger partial charge in [-0.05, 0) is 113 Å². The number of para-hydroxylation sites is 3. The van der Waals surface area contributed by atoms with E-state index in [1.807, 2.05) is 0 Å². The predicted octanol–water partition coefficient (Wildman–Crippen LogP) is 17.7. The molecule has 13 aromatic rings. The van der Waals surface area contributed by atoms with Crippen LogP contribution in [0.2, 0.25) is 0 Å². The van der Waals surface area contributed by atoms with Gasteiger partial charge in [0.05, 0.1) is 39.1 Å². The van der Waals surface area contributed by atoms with Gasteiger partial charge in [0.15, 0.2) is 0 Å². The van der Waals surface area contributed by atoms with Crippen LogP contribution in [0.25, 0.3) is 110 Å². The van der Waals surface area contributed by atoms with Gasteiger partial charge < -0.3 is 13.6 Å². The van der Waals surface area contributed by atoms with E-state index in [0.29, 0.717) is 6.42 Å². The first-order valence-electron chi connectivity index (χ1n) is 25.5. The zero-order chi connectivity index (χ0) is 48.4. The molecule has 1 aliphatic carbocycles. The molecule has 5 heteroatoms. The van der Waals surface area contributed by atoms with E-state index in [1.165, 1.54) is 59.7 Å². The first-order valence-corrected chi connectivity index (χ1v) is 25.5. The van der Waals surface area contributed by atoms with Crippen LogP contribution in [0.4, 0.5) is 0 Å². The highest BCUT2D eigenvalue weighted by Gasteiger charge is 2.42. The predicted molar refractivity (Wildman–Crippen MR) is 307 cm³/mol. The van der Waals surface area contributed by atoms with E-state index in [0.717, 1.165) is 84.7 Å². The standard InChI is InChI=1S/C68H48N4O/c1-42-30-33-58(49-32-31-43-17-6-7-18-44(43)35-49)69-67(68(2)34-16-27-53-51-25-12-14-28-59(51)71(66(53)68)50-23-4-3-5-24-50)70-65(42)57-40-56-52-26-13-15-29-63(52)73-64(56)41-62(57)72-60-38-47-21-10-8-19-45(47)36-54(60)55-37-46-20-9-11-22-48(46)39-61(55)72/h3-29,31-33,35-42H,30,34H2,1-2H3/b58-33+,69-67-,70-65+. The molecule has 0 radical (unpaired) electrons. The molecule has 4 heterocycles. The van der Waals surface area contributed by atoms with Crippen molar-refractivity contribution in [3.05, 3.63) is 241 Å². The average molecular weight is 937 g/mol. The topological polar surface area (TPSA) is 47.7 Å². The molecule has 0 amide bonds. The van der Waals surface area contributed by atoms with Gasteiger partial charge in [-0.2, -0.15) is 0 Å². The lowest BCUT2D eigenvalue weighted by Gasteiger charge is -2.34. The Morgan fingerprint density at radius 3 is 1.85 bits per heavy atom. The quantitative estimate of drug-likeness (QED) is 0.170. The van der Waals surface area contributed by atoms with E-state index in [1.54, 1.807) is 0 Å². The lowest BCUT2D eigenvalue weighted by atomic mass is 9.76. The molecule has 15 rings (SSSR count). The summed E-state index contributed by atoms with van der Waals surface area (Å²) in [6.07, 6.45) is 8.47. The van der Waals surface area contributed by atoms with Crippen molar-refractivity contribution < 1.29 is 4.42 Å². The molecule has 0 fully saturated rings. The molecular weight excluding hydrogens is 889 g/mol. The third kappa shape index (κ3) is 6.41. The number of benzene rings is 10. The Labute approximate surface area is 422 Å². The van der Waals surface area contributed by atoms with Crippen molar-refractivity contribution in [3.8, 4) is 11.4 Å². The number of amidine groups is 1. The fourth-order valence-corrected chi connectivity index (χ4v) is 12.2. The van der Waals surface area contributed by atoms with Crippen LogP contribution in [-0.4, -0.2) is 20.7 Å². The Bertz CT molecular complexity index is 4500. The molecular formula is C68H48N4O. The molecule has 0 saturated heterocycles. The number of aliphatic imine (C=N–C) groups is 2. The number of rotatable bonds is 5. The summed E-state index contributed by atoms with van der Waals surface area (Å²) in [5.74, 6) is 0.758. The number of furan rings is 1. The molecule has 0 N–H and O–H groups in total. The maximum absolute atomic E-state index is 6.82.